The number of anilines is 2. The maximum Gasteiger partial charge on any atom is 0.405 e. The minimum absolute atomic E-state index is 0. The fourth-order valence-corrected chi connectivity index (χ4v) is 3.31. The lowest BCUT2D eigenvalue weighted by atomic mass is 10.1. The minimum atomic E-state index is -4.46. The summed E-state index contributed by atoms with van der Waals surface area (Å²) in [5.41, 5.74) is 3.80. The zero-order chi connectivity index (χ0) is 21.1. The van der Waals surface area contributed by atoms with Gasteiger partial charge in [-0.2, -0.15) is 13.2 Å². The Kier molecular flexibility index (Phi) is 6.91. The second kappa shape index (κ2) is 9.44. The molecule has 1 aliphatic heterocycles. The molecule has 4 rings (SSSR count). The number of imidazole rings is 1. The molecule has 1 fully saturated rings. The summed E-state index contributed by atoms with van der Waals surface area (Å²) in [5, 5.41) is 4.20. The molecule has 0 unspecified atom stereocenters. The van der Waals surface area contributed by atoms with Crippen molar-refractivity contribution >= 4 is 35.5 Å². The first kappa shape index (κ1) is 22.7. The van der Waals surface area contributed by atoms with Crippen molar-refractivity contribution in [2.24, 2.45) is 0 Å². The van der Waals surface area contributed by atoms with E-state index in [2.05, 4.69) is 15.2 Å². The summed E-state index contributed by atoms with van der Waals surface area (Å²) < 4.78 is 44.0. The number of rotatable bonds is 4. The van der Waals surface area contributed by atoms with Crippen molar-refractivity contribution in [1.29, 1.82) is 0 Å². The van der Waals surface area contributed by atoms with Crippen LogP contribution in [0.2, 0.25) is 0 Å². The highest BCUT2D eigenvalue weighted by Gasteiger charge is 2.27. The van der Waals surface area contributed by atoms with Crippen LogP contribution >= 0.6 is 12.4 Å². The summed E-state index contributed by atoms with van der Waals surface area (Å²) in [4.78, 5) is 18.4. The van der Waals surface area contributed by atoms with Crippen LogP contribution in [-0.2, 0) is 4.74 Å². The molecule has 7 nitrogen and oxygen atoms in total. The third-order valence-corrected chi connectivity index (χ3v) is 4.74. The standard InChI is InChI=1S/C20H20F3N5O2.ClH/c21-20(22,23)13-25-19(29)26-15-3-1-2-14(10-15)17-12-24-18-11-16(4-5-28(17)18)27-6-8-30-9-7-27;/h1-5,10-12H,6-9,13H2,(H2,25,26,29);1H. The normalized spacial score (nSPS) is 14.2. The Morgan fingerprint density at radius 2 is 1.94 bits per heavy atom. The number of ether oxygens (including phenoxy) is 1. The quantitative estimate of drug-likeness (QED) is 0.625. The number of alkyl halides is 3. The van der Waals surface area contributed by atoms with Gasteiger partial charge < -0.3 is 20.3 Å². The molecule has 0 atom stereocenters. The Hall–Kier alpha value is -2.98. The minimum Gasteiger partial charge on any atom is -0.378 e. The summed E-state index contributed by atoms with van der Waals surface area (Å²) in [6, 6.07) is 9.95. The molecule has 2 aromatic heterocycles. The molecule has 2 N–H and O–H groups in total. The van der Waals surface area contributed by atoms with Crippen molar-refractivity contribution in [3.63, 3.8) is 0 Å². The molecule has 0 bridgehead atoms. The van der Waals surface area contributed by atoms with Crippen LogP contribution in [0.15, 0.2) is 48.8 Å². The van der Waals surface area contributed by atoms with E-state index in [1.165, 1.54) is 0 Å². The van der Waals surface area contributed by atoms with E-state index >= 15 is 0 Å². The molecule has 0 radical (unpaired) electrons. The zero-order valence-electron chi connectivity index (χ0n) is 16.4. The van der Waals surface area contributed by atoms with Crippen LogP contribution in [0.25, 0.3) is 16.9 Å². The molecule has 0 spiro atoms. The Morgan fingerprint density at radius 1 is 1.16 bits per heavy atom. The number of benzene rings is 1. The van der Waals surface area contributed by atoms with Crippen molar-refractivity contribution in [1.82, 2.24) is 14.7 Å². The average Bonchev–Trinajstić information content (AvgIpc) is 3.16. The average molecular weight is 456 g/mol. The summed E-state index contributed by atoms with van der Waals surface area (Å²) in [6.45, 7) is 1.65. The first-order valence-electron chi connectivity index (χ1n) is 9.41. The third kappa shape index (κ3) is 5.59. The first-order valence-corrected chi connectivity index (χ1v) is 9.41. The van der Waals surface area contributed by atoms with Crippen molar-refractivity contribution in [3.8, 4) is 11.3 Å². The van der Waals surface area contributed by atoms with Crippen LogP contribution < -0.4 is 15.5 Å². The van der Waals surface area contributed by atoms with E-state index in [0.29, 0.717) is 18.9 Å². The lowest BCUT2D eigenvalue weighted by Gasteiger charge is -2.28. The molecule has 2 amide bonds. The monoisotopic (exact) mass is 455 g/mol. The Balaban J connectivity index is 0.00000272. The fourth-order valence-electron chi connectivity index (χ4n) is 3.31. The van der Waals surface area contributed by atoms with Crippen LogP contribution in [0, 0.1) is 0 Å². The number of aromatic nitrogens is 2. The van der Waals surface area contributed by atoms with Gasteiger partial charge in [-0.05, 0) is 18.2 Å². The molecule has 1 aromatic carbocycles. The number of fused-ring (bicyclic) bond motifs is 1. The van der Waals surface area contributed by atoms with Crippen molar-refractivity contribution in [2.45, 2.75) is 6.18 Å². The number of hydrogen-bond acceptors (Lipinski definition) is 4. The highest BCUT2D eigenvalue weighted by molar-refractivity contribution is 5.90. The van der Waals surface area contributed by atoms with Gasteiger partial charge in [-0.15, -0.1) is 12.4 Å². The second-order valence-corrected chi connectivity index (χ2v) is 6.86. The van der Waals surface area contributed by atoms with E-state index in [9.17, 15) is 18.0 Å². The number of morpholine rings is 1. The van der Waals surface area contributed by atoms with Crippen LogP contribution in [0.1, 0.15) is 0 Å². The van der Waals surface area contributed by atoms with E-state index in [-0.39, 0.29) is 12.4 Å². The number of nitrogens with zero attached hydrogens (tertiary/aromatic N) is 3. The Morgan fingerprint density at radius 3 is 2.68 bits per heavy atom. The summed E-state index contributed by atoms with van der Waals surface area (Å²) in [6.07, 6.45) is -0.810. The molecule has 1 aliphatic rings. The first-order chi connectivity index (χ1) is 14.4. The maximum absolute atomic E-state index is 12.2. The van der Waals surface area contributed by atoms with E-state index < -0.39 is 18.8 Å². The van der Waals surface area contributed by atoms with Gasteiger partial charge in [-0.1, -0.05) is 12.1 Å². The topological polar surface area (TPSA) is 70.9 Å². The van der Waals surface area contributed by atoms with Crippen molar-refractivity contribution < 1.29 is 22.7 Å². The molecule has 0 saturated carbocycles. The lowest BCUT2D eigenvalue weighted by Crippen LogP contribution is -2.36. The number of halogens is 4. The Labute approximate surface area is 182 Å². The molecule has 166 valence electrons. The van der Waals surface area contributed by atoms with Crippen LogP contribution in [-0.4, -0.2) is 54.4 Å². The van der Waals surface area contributed by atoms with E-state index in [4.69, 9.17) is 4.74 Å². The van der Waals surface area contributed by atoms with Crippen LogP contribution in [0.5, 0.6) is 0 Å². The zero-order valence-corrected chi connectivity index (χ0v) is 17.2. The number of nitrogens with one attached hydrogen (secondary N) is 2. The van der Waals surface area contributed by atoms with Gasteiger partial charge in [0.05, 0.1) is 25.1 Å². The van der Waals surface area contributed by atoms with Crippen LogP contribution in [0.3, 0.4) is 0 Å². The molecule has 1 saturated heterocycles. The van der Waals surface area contributed by atoms with Gasteiger partial charge in [-0.3, -0.25) is 4.40 Å². The van der Waals surface area contributed by atoms with Crippen molar-refractivity contribution in [3.05, 3.63) is 48.8 Å². The van der Waals surface area contributed by atoms with Gasteiger partial charge in [0.1, 0.15) is 12.2 Å². The number of carbonyl (C=O) groups is 1. The van der Waals surface area contributed by atoms with Gasteiger partial charge >= 0.3 is 12.2 Å². The molecule has 31 heavy (non-hydrogen) atoms. The van der Waals surface area contributed by atoms with E-state index in [1.54, 1.807) is 29.7 Å². The highest BCUT2D eigenvalue weighted by atomic mass is 35.5. The largest absolute Gasteiger partial charge is 0.405 e. The maximum atomic E-state index is 12.2. The van der Waals surface area contributed by atoms with Gasteiger partial charge in [-0.25, -0.2) is 9.78 Å². The summed E-state index contributed by atoms with van der Waals surface area (Å²) >= 11 is 0. The molecular formula is C20H21ClF3N5O2. The SMILES string of the molecule is Cl.O=C(NCC(F)(F)F)Nc1cccc(-c2cnc3cc(N4CCOCC4)ccn23)c1. The smallest absolute Gasteiger partial charge is 0.378 e. The van der Waals surface area contributed by atoms with Gasteiger partial charge in [0.15, 0.2) is 0 Å². The van der Waals surface area contributed by atoms with Gasteiger partial charge in [0, 0.05) is 42.3 Å². The molecule has 11 heteroatoms. The molecule has 0 aliphatic carbocycles. The van der Waals surface area contributed by atoms with Crippen molar-refractivity contribution in [2.75, 3.05) is 43.1 Å². The number of pyridine rings is 1. The Bertz CT molecular complexity index is 1050. The number of hydrogen-bond donors (Lipinski definition) is 2. The number of urea groups is 1. The van der Waals surface area contributed by atoms with E-state index in [0.717, 1.165) is 35.7 Å². The van der Waals surface area contributed by atoms with Crippen LogP contribution in [0.4, 0.5) is 29.3 Å². The van der Waals surface area contributed by atoms with Gasteiger partial charge in [0.25, 0.3) is 0 Å². The summed E-state index contributed by atoms with van der Waals surface area (Å²) in [5.74, 6) is 0. The molecular weight excluding hydrogens is 435 g/mol. The second-order valence-electron chi connectivity index (χ2n) is 6.86. The van der Waals surface area contributed by atoms with E-state index in [1.807, 2.05) is 28.8 Å². The summed E-state index contributed by atoms with van der Waals surface area (Å²) in [7, 11) is 0. The molecule has 3 heterocycles. The number of amides is 2. The number of carbonyl (C=O) groups excluding carboxylic acids is 1. The third-order valence-electron chi connectivity index (χ3n) is 4.74. The predicted molar refractivity (Wildman–Crippen MR) is 114 cm³/mol. The highest BCUT2D eigenvalue weighted by Crippen LogP contribution is 2.26. The van der Waals surface area contributed by atoms with Gasteiger partial charge in [0.2, 0.25) is 0 Å². The lowest BCUT2D eigenvalue weighted by molar-refractivity contribution is -0.122. The molecule has 3 aromatic rings. The predicted octanol–water partition coefficient (Wildman–Crippen LogP) is 3.94. The fraction of sp³-hybridized carbons (Fsp3) is 0.300.